The van der Waals surface area contributed by atoms with Gasteiger partial charge in [-0.15, -0.1) is 11.3 Å². The molecule has 168 valence electrons. The first-order valence-corrected chi connectivity index (χ1v) is 11.9. The molecule has 2 fully saturated rings. The van der Waals surface area contributed by atoms with Crippen molar-refractivity contribution in [3.63, 3.8) is 0 Å². The summed E-state index contributed by atoms with van der Waals surface area (Å²) in [5, 5.41) is 5.41. The summed E-state index contributed by atoms with van der Waals surface area (Å²) in [7, 11) is 0. The molecule has 7 nitrogen and oxygen atoms in total. The van der Waals surface area contributed by atoms with E-state index in [1.165, 1.54) is 37.2 Å². The van der Waals surface area contributed by atoms with Crippen molar-refractivity contribution in [1.82, 2.24) is 15.2 Å². The van der Waals surface area contributed by atoms with Crippen molar-refractivity contribution in [1.29, 1.82) is 0 Å². The highest BCUT2D eigenvalue weighted by molar-refractivity contribution is 7.14. The Morgan fingerprint density at radius 3 is 2.72 bits per heavy atom. The lowest BCUT2D eigenvalue weighted by atomic mass is 9.97. The number of thiazole rings is 1. The van der Waals surface area contributed by atoms with Crippen LogP contribution in [0.4, 0.5) is 10.8 Å². The number of carbonyl (C=O) groups excluding carboxylic acids is 3. The second-order valence-electron chi connectivity index (χ2n) is 8.39. The van der Waals surface area contributed by atoms with Crippen LogP contribution >= 0.6 is 11.3 Å². The minimum atomic E-state index is -0.138. The predicted molar refractivity (Wildman–Crippen MR) is 125 cm³/mol. The summed E-state index contributed by atoms with van der Waals surface area (Å²) in [6.07, 6.45) is 7.22. The van der Waals surface area contributed by atoms with Gasteiger partial charge >= 0.3 is 0 Å². The number of anilines is 2. The number of piperidine rings is 1. The van der Waals surface area contributed by atoms with Gasteiger partial charge in [0, 0.05) is 38.0 Å². The van der Waals surface area contributed by atoms with E-state index in [0.717, 1.165) is 25.1 Å². The number of nitrogens with zero attached hydrogens (tertiary/aromatic N) is 3. The lowest BCUT2D eigenvalue weighted by Gasteiger charge is -2.31. The fraction of sp³-hybridized carbons (Fsp3) is 0.417. The molecule has 0 bridgehead atoms. The number of nitrogens with one attached hydrogen (secondary N) is 1. The van der Waals surface area contributed by atoms with Gasteiger partial charge in [0.15, 0.2) is 5.13 Å². The molecule has 1 unspecified atom stereocenters. The maximum absolute atomic E-state index is 12.7. The number of likely N-dealkylation sites (tertiary alicyclic amines) is 1. The Hall–Kier alpha value is -3.00. The van der Waals surface area contributed by atoms with E-state index in [-0.39, 0.29) is 23.6 Å². The molecule has 1 aliphatic heterocycles. The molecule has 1 N–H and O–H groups in total. The van der Waals surface area contributed by atoms with Gasteiger partial charge in [0.1, 0.15) is 0 Å². The Labute approximate surface area is 192 Å². The van der Waals surface area contributed by atoms with Crippen LogP contribution in [0.15, 0.2) is 41.8 Å². The first-order valence-electron chi connectivity index (χ1n) is 11.1. The van der Waals surface area contributed by atoms with E-state index in [1.807, 2.05) is 35.7 Å². The fourth-order valence-electron chi connectivity index (χ4n) is 3.82. The molecule has 2 heterocycles. The highest BCUT2D eigenvalue weighted by Gasteiger charge is 2.29. The minimum absolute atomic E-state index is 0.0627. The summed E-state index contributed by atoms with van der Waals surface area (Å²) < 4.78 is 0. The van der Waals surface area contributed by atoms with Gasteiger partial charge in [0.05, 0.1) is 17.3 Å². The van der Waals surface area contributed by atoms with Gasteiger partial charge in [0.25, 0.3) is 0 Å². The molecule has 3 amide bonds. The van der Waals surface area contributed by atoms with E-state index in [4.69, 9.17) is 0 Å². The molecule has 8 heteroatoms. The van der Waals surface area contributed by atoms with Crippen molar-refractivity contribution >= 4 is 46.0 Å². The number of carbonyl (C=O) groups is 3. The number of hydrogen-bond acceptors (Lipinski definition) is 5. The largest absolute Gasteiger partial charge is 0.356 e. The standard InChI is InChI=1S/C24H28N4O3S/c1-17(29)28(21-7-3-2-4-8-21)24-26-20(16-32-24)11-12-22(30)27-13-5-6-19(15-27)23(31)25-14-18-9-10-18/h2-4,7-8,11-12,16,18-19H,5-6,9-10,13-15H2,1H3,(H,25,31)/b12-11+. The van der Waals surface area contributed by atoms with Crippen LogP contribution in [0, 0.1) is 11.8 Å². The van der Waals surface area contributed by atoms with Crippen LogP contribution in [-0.2, 0) is 14.4 Å². The minimum Gasteiger partial charge on any atom is -0.356 e. The molecule has 4 rings (SSSR count). The average Bonchev–Trinajstić information content (AvgIpc) is 3.53. The summed E-state index contributed by atoms with van der Waals surface area (Å²) in [5.74, 6) is 0.322. The molecular weight excluding hydrogens is 424 g/mol. The number of aromatic nitrogens is 1. The number of hydrogen-bond donors (Lipinski definition) is 1. The molecule has 2 aliphatic rings. The Morgan fingerprint density at radius 2 is 2.00 bits per heavy atom. The second kappa shape index (κ2) is 10.1. The average molecular weight is 453 g/mol. The Balaban J connectivity index is 1.36. The molecule has 0 radical (unpaired) electrons. The van der Waals surface area contributed by atoms with Crippen LogP contribution in [-0.4, -0.2) is 47.2 Å². The van der Waals surface area contributed by atoms with Crippen LogP contribution in [0.2, 0.25) is 0 Å². The van der Waals surface area contributed by atoms with Crippen molar-refractivity contribution in [3.05, 3.63) is 47.5 Å². The van der Waals surface area contributed by atoms with Crippen molar-refractivity contribution in [2.75, 3.05) is 24.5 Å². The van der Waals surface area contributed by atoms with Crippen LogP contribution < -0.4 is 10.2 Å². The van der Waals surface area contributed by atoms with Crippen LogP contribution in [0.1, 0.15) is 38.3 Å². The van der Waals surface area contributed by atoms with Gasteiger partial charge in [-0.05, 0) is 49.8 Å². The third-order valence-corrected chi connectivity index (χ3v) is 6.64. The van der Waals surface area contributed by atoms with E-state index < -0.39 is 0 Å². The SMILES string of the molecule is CC(=O)N(c1ccccc1)c1nc(/C=C/C(=O)N2CCCC(C(=O)NCC3CC3)C2)cs1. The van der Waals surface area contributed by atoms with Gasteiger partial charge in [-0.2, -0.15) is 0 Å². The molecule has 2 aromatic rings. The van der Waals surface area contributed by atoms with Gasteiger partial charge in [0.2, 0.25) is 17.7 Å². The van der Waals surface area contributed by atoms with Crippen molar-refractivity contribution in [2.45, 2.75) is 32.6 Å². The van der Waals surface area contributed by atoms with E-state index in [1.54, 1.807) is 15.9 Å². The fourth-order valence-corrected chi connectivity index (χ4v) is 4.68. The normalized spacial score (nSPS) is 18.5. The zero-order chi connectivity index (χ0) is 22.5. The topological polar surface area (TPSA) is 82.6 Å². The Bertz CT molecular complexity index is 1000. The van der Waals surface area contributed by atoms with Gasteiger partial charge in [-0.1, -0.05) is 18.2 Å². The third-order valence-electron chi connectivity index (χ3n) is 5.79. The molecule has 1 atom stereocenters. The quantitative estimate of drug-likeness (QED) is 0.651. The molecular formula is C24H28N4O3S. The molecule has 1 aliphatic carbocycles. The zero-order valence-corrected chi connectivity index (χ0v) is 19.0. The molecule has 1 aromatic heterocycles. The van der Waals surface area contributed by atoms with Crippen molar-refractivity contribution in [3.8, 4) is 0 Å². The van der Waals surface area contributed by atoms with Crippen molar-refractivity contribution < 1.29 is 14.4 Å². The van der Waals surface area contributed by atoms with Gasteiger partial charge in [-0.25, -0.2) is 4.98 Å². The highest BCUT2D eigenvalue weighted by Crippen LogP contribution is 2.29. The van der Waals surface area contributed by atoms with E-state index in [9.17, 15) is 14.4 Å². The van der Waals surface area contributed by atoms with Gasteiger partial charge < -0.3 is 10.2 Å². The maximum Gasteiger partial charge on any atom is 0.246 e. The Kier molecular flexibility index (Phi) is 6.99. The second-order valence-corrected chi connectivity index (χ2v) is 9.23. The molecule has 1 saturated heterocycles. The first-order chi connectivity index (χ1) is 15.5. The Morgan fingerprint density at radius 1 is 1.22 bits per heavy atom. The van der Waals surface area contributed by atoms with E-state index in [2.05, 4.69) is 10.3 Å². The van der Waals surface area contributed by atoms with Gasteiger partial charge in [-0.3, -0.25) is 19.3 Å². The summed E-state index contributed by atoms with van der Waals surface area (Å²) in [6.45, 7) is 3.37. The van der Waals surface area contributed by atoms with Crippen molar-refractivity contribution in [2.24, 2.45) is 11.8 Å². The summed E-state index contributed by atoms with van der Waals surface area (Å²) in [4.78, 5) is 45.1. The highest BCUT2D eigenvalue weighted by atomic mass is 32.1. The summed E-state index contributed by atoms with van der Waals surface area (Å²) >= 11 is 1.35. The number of amides is 3. The number of rotatable bonds is 7. The third kappa shape index (κ3) is 5.62. The molecule has 1 saturated carbocycles. The van der Waals surface area contributed by atoms with Crippen LogP contribution in [0.3, 0.4) is 0 Å². The lowest BCUT2D eigenvalue weighted by molar-refractivity contribution is -0.132. The maximum atomic E-state index is 12.7. The van der Waals surface area contributed by atoms with Crippen LogP contribution in [0.5, 0.6) is 0 Å². The summed E-state index contributed by atoms with van der Waals surface area (Å²) in [5.41, 5.74) is 1.37. The monoisotopic (exact) mass is 452 g/mol. The van der Waals surface area contributed by atoms with E-state index in [0.29, 0.717) is 29.8 Å². The first kappa shape index (κ1) is 22.2. The molecule has 32 heavy (non-hydrogen) atoms. The van der Waals surface area contributed by atoms with E-state index >= 15 is 0 Å². The predicted octanol–water partition coefficient (Wildman–Crippen LogP) is 3.61. The smallest absolute Gasteiger partial charge is 0.246 e. The van der Waals surface area contributed by atoms with Crippen LogP contribution in [0.25, 0.3) is 6.08 Å². The summed E-state index contributed by atoms with van der Waals surface area (Å²) in [6, 6.07) is 9.35. The number of para-hydroxylation sites is 1. The lowest BCUT2D eigenvalue weighted by Crippen LogP contribution is -2.45. The number of benzene rings is 1. The molecule has 0 spiro atoms. The molecule has 1 aromatic carbocycles. The zero-order valence-electron chi connectivity index (χ0n) is 18.2.